The third-order valence-corrected chi connectivity index (χ3v) is 2.88. The number of benzene rings is 1. The molecule has 102 valence electrons. The first kappa shape index (κ1) is 15.0. The summed E-state index contributed by atoms with van der Waals surface area (Å²) in [6.07, 6.45) is 2.00. The Balaban J connectivity index is 2.59. The van der Waals surface area contributed by atoms with E-state index in [0.717, 1.165) is 12.0 Å². The quantitative estimate of drug-likeness (QED) is 0.794. The second kappa shape index (κ2) is 7.36. The highest BCUT2D eigenvalue weighted by atomic mass is 16.2. The summed E-state index contributed by atoms with van der Waals surface area (Å²) in [7, 11) is 1.58. The van der Waals surface area contributed by atoms with Crippen molar-refractivity contribution in [3.8, 4) is 0 Å². The molecule has 0 aliphatic carbocycles. The molecule has 0 spiro atoms. The van der Waals surface area contributed by atoms with Gasteiger partial charge in [0, 0.05) is 7.05 Å². The molecule has 1 rings (SSSR count). The van der Waals surface area contributed by atoms with Gasteiger partial charge in [-0.3, -0.25) is 9.59 Å². The van der Waals surface area contributed by atoms with Crippen molar-refractivity contribution in [3.63, 3.8) is 0 Å². The molecule has 4 heteroatoms. The van der Waals surface area contributed by atoms with E-state index in [1.54, 1.807) is 7.05 Å². The first-order chi connectivity index (χ1) is 9.08. The van der Waals surface area contributed by atoms with Gasteiger partial charge < -0.3 is 10.2 Å². The predicted octanol–water partition coefficient (Wildman–Crippen LogP) is 1.90. The summed E-state index contributed by atoms with van der Waals surface area (Å²) >= 11 is 0. The summed E-state index contributed by atoms with van der Waals surface area (Å²) < 4.78 is 0. The summed E-state index contributed by atoms with van der Waals surface area (Å²) in [5.41, 5.74) is 1.07. The van der Waals surface area contributed by atoms with Gasteiger partial charge in [-0.1, -0.05) is 43.8 Å². The first-order valence-corrected chi connectivity index (χ1v) is 6.30. The van der Waals surface area contributed by atoms with E-state index in [9.17, 15) is 9.59 Å². The predicted molar refractivity (Wildman–Crippen MR) is 75.5 cm³/mol. The van der Waals surface area contributed by atoms with Crippen molar-refractivity contribution in [1.29, 1.82) is 0 Å². The van der Waals surface area contributed by atoms with Gasteiger partial charge in [0.05, 0.1) is 12.6 Å². The number of hydrogen-bond acceptors (Lipinski definition) is 2. The van der Waals surface area contributed by atoms with Crippen molar-refractivity contribution in [3.05, 3.63) is 48.6 Å². The van der Waals surface area contributed by atoms with Gasteiger partial charge in [0.2, 0.25) is 11.8 Å². The third-order valence-electron chi connectivity index (χ3n) is 2.88. The minimum atomic E-state index is -0.261. The molecule has 4 nitrogen and oxygen atoms in total. The Morgan fingerprint density at radius 2 is 2.00 bits per heavy atom. The van der Waals surface area contributed by atoms with E-state index < -0.39 is 0 Å². The van der Waals surface area contributed by atoms with Crippen molar-refractivity contribution >= 4 is 11.8 Å². The van der Waals surface area contributed by atoms with Gasteiger partial charge in [0.15, 0.2) is 0 Å². The smallest absolute Gasteiger partial charge is 0.246 e. The van der Waals surface area contributed by atoms with Gasteiger partial charge in [-0.25, -0.2) is 0 Å². The fraction of sp³-hybridized carbons (Fsp3) is 0.333. The van der Waals surface area contributed by atoms with E-state index >= 15 is 0 Å². The first-order valence-electron chi connectivity index (χ1n) is 6.30. The van der Waals surface area contributed by atoms with Gasteiger partial charge in [0.25, 0.3) is 0 Å². The number of likely N-dealkylation sites (N-methyl/N-ethyl adjacent to an activating group) is 1. The lowest BCUT2D eigenvalue weighted by Crippen LogP contribution is -2.39. The highest BCUT2D eigenvalue weighted by molar-refractivity contribution is 5.90. The van der Waals surface area contributed by atoms with Crippen LogP contribution < -0.4 is 5.32 Å². The Bertz CT molecular complexity index is 443. The lowest BCUT2D eigenvalue weighted by Gasteiger charge is -2.20. The van der Waals surface area contributed by atoms with E-state index in [1.807, 2.05) is 37.3 Å². The highest BCUT2D eigenvalue weighted by Gasteiger charge is 2.15. The molecule has 0 saturated carbocycles. The zero-order valence-corrected chi connectivity index (χ0v) is 11.4. The van der Waals surface area contributed by atoms with E-state index in [4.69, 9.17) is 0 Å². The molecule has 0 aliphatic heterocycles. The number of carbonyl (C=O) groups excluding carboxylic acids is 2. The second-order valence-corrected chi connectivity index (χ2v) is 4.34. The molecule has 0 fully saturated rings. The van der Waals surface area contributed by atoms with Crippen molar-refractivity contribution in [2.45, 2.75) is 19.4 Å². The van der Waals surface area contributed by atoms with Crippen LogP contribution in [0.2, 0.25) is 0 Å². The minimum absolute atomic E-state index is 0.0269. The van der Waals surface area contributed by atoms with Crippen LogP contribution in [0.15, 0.2) is 43.0 Å². The Kier molecular flexibility index (Phi) is 5.79. The number of carbonyl (C=O) groups is 2. The summed E-state index contributed by atoms with van der Waals surface area (Å²) in [6.45, 7) is 5.44. The summed E-state index contributed by atoms with van der Waals surface area (Å²) in [4.78, 5) is 24.5. The zero-order valence-electron chi connectivity index (χ0n) is 11.4. The summed E-state index contributed by atoms with van der Waals surface area (Å²) in [5.74, 6) is -0.434. The van der Waals surface area contributed by atoms with Crippen molar-refractivity contribution in [2.75, 3.05) is 13.6 Å². The molecule has 2 amide bonds. The molecule has 0 radical (unpaired) electrons. The van der Waals surface area contributed by atoms with Crippen molar-refractivity contribution in [2.24, 2.45) is 0 Å². The van der Waals surface area contributed by atoms with E-state index in [-0.39, 0.29) is 24.4 Å². The van der Waals surface area contributed by atoms with Gasteiger partial charge in [-0.05, 0) is 18.1 Å². The van der Waals surface area contributed by atoms with E-state index in [1.165, 1.54) is 11.0 Å². The summed E-state index contributed by atoms with van der Waals surface area (Å²) in [5, 5.41) is 2.93. The monoisotopic (exact) mass is 260 g/mol. The molecule has 0 unspecified atom stereocenters. The Hall–Kier alpha value is -2.10. The third kappa shape index (κ3) is 4.58. The summed E-state index contributed by atoms with van der Waals surface area (Å²) in [6, 6.07) is 9.75. The molecule has 19 heavy (non-hydrogen) atoms. The Morgan fingerprint density at radius 3 is 2.53 bits per heavy atom. The SMILES string of the molecule is C=CC(=O)N(C)CC(=O)N[C@H](CC)c1ccccc1. The van der Waals surface area contributed by atoms with Crippen LogP contribution in [0.25, 0.3) is 0 Å². The van der Waals surface area contributed by atoms with Crippen LogP contribution in [0.1, 0.15) is 24.9 Å². The van der Waals surface area contributed by atoms with Gasteiger partial charge >= 0.3 is 0 Å². The molecule has 1 N–H and O–H groups in total. The van der Waals surface area contributed by atoms with Crippen LogP contribution in [0.5, 0.6) is 0 Å². The zero-order chi connectivity index (χ0) is 14.3. The molecule has 0 aromatic heterocycles. The largest absolute Gasteiger partial charge is 0.348 e. The number of rotatable bonds is 6. The molecule has 1 aromatic rings. The van der Waals surface area contributed by atoms with Crippen LogP contribution in [-0.2, 0) is 9.59 Å². The Morgan fingerprint density at radius 1 is 1.37 bits per heavy atom. The fourth-order valence-corrected chi connectivity index (χ4v) is 1.80. The second-order valence-electron chi connectivity index (χ2n) is 4.34. The molecule has 1 aromatic carbocycles. The van der Waals surface area contributed by atoms with Crippen LogP contribution >= 0.6 is 0 Å². The highest BCUT2D eigenvalue weighted by Crippen LogP contribution is 2.15. The van der Waals surface area contributed by atoms with Gasteiger partial charge in [0.1, 0.15) is 0 Å². The maximum absolute atomic E-state index is 11.9. The molecule has 1 atom stereocenters. The normalized spacial score (nSPS) is 11.5. The fourth-order valence-electron chi connectivity index (χ4n) is 1.80. The Labute approximate surface area is 114 Å². The molecular weight excluding hydrogens is 240 g/mol. The average molecular weight is 260 g/mol. The lowest BCUT2D eigenvalue weighted by molar-refractivity contribution is -0.131. The average Bonchev–Trinajstić information content (AvgIpc) is 2.44. The standard InChI is InChI=1S/C15H20N2O2/c1-4-13(12-9-7-6-8-10-12)16-14(18)11-17(3)15(19)5-2/h5-10,13H,2,4,11H2,1,3H3,(H,16,18)/t13-/m1/s1. The van der Waals surface area contributed by atoms with E-state index in [2.05, 4.69) is 11.9 Å². The van der Waals surface area contributed by atoms with Crippen molar-refractivity contribution < 1.29 is 9.59 Å². The van der Waals surface area contributed by atoms with Crippen molar-refractivity contribution in [1.82, 2.24) is 10.2 Å². The number of nitrogens with one attached hydrogen (secondary N) is 1. The van der Waals surface area contributed by atoms with Gasteiger partial charge in [-0.2, -0.15) is 0 Å². The van der Waals surface area contributed by atoms with Crippen LogP contribution in [0, 0.1) is 0 Å². The molecule has 0 heterocycles. The number of amides is 2. The lowest BCUT2D eigenvalue weighted by atomic mass is 10.0. The number of hydrogen-bond donors (Lipinski definition) is 1. The molecule has 0 aliphatic rings. The maximum atomic E-state index is 11.9. The molecule has 0 bridgehead atoms. The molecule has 0 saturated heterocycles. The van der Waals surface area contributed by atoms with E-state index in [0.29, 0.717) is 0 Å². The van der Waals surface area contributed by atoms with Gasteiger partial charge in [-0.15, -0.1) is 0 Å². The van der Waals surface area contributed by atoms with Crippen LogP contribution in [-0.4, -0.2) is 30.3 Å². The molecular formula is C15H20N2O2. The number of nitrogens with zero attached hydrogens (tertiary/aromatic N) is 1. The topological polar surface area (TPSA) is 49.4 Å². The van der Waals surface area contributed by atoms with Crippen LogP contribution in [0.3, 0.4) is 0 Å². The maximum Gasteiger partial charge on any atom is 0.246 e. The minimum Gasteiger partial charge on any atom is -0.348 e. The van der Waals surface area contributed by atoms with Crippen LogP contribution in [0.4, 0.5) is 0 Å².